The number of nitrogens with one attached hydrogen (secondary N) is 3. The van der Waals surface area contributed by atoms with Crippen molar-refractivity contribution in [2.24, 2.45) is 5.92 Å². The summed E-state index contributed by atoms with van der Waals surface area (Å²) in [5, 5.41) is 7.77. The van der Waals surface area contributed by atoms with E-state index >= 15 is 0 Å². The first-order valence-electron chi connectivity index (χ1n) is 13.3. The Morgan fingerprint density at radius 3 is 2.50 bits per heavy atom. The van der Waals surface area contributed by atoms with Gasteiger partial charge in [-0.3, -0.25) is 19.4 Å². The molecule has 1 aliphatic rings. The number of aryl methyl sites for hydroxylation is 1. The quantitative estimate of drug-likeness (QED) is 0.349. The number of nitrogens with zero attached hydrogens (tertiary/aromatic N) is 2. The Balaban J connectivity index is 1.46. The molecule has 0 aliphatic heterocycles. The Kier molecular flexibility index (Phi) is 9.46. The molecule has 1 aromatic heterocycles. The van der Waals surface area contributed by atoms with Crippen LogP contribution in [0.2, 0.25) is 0 Å². The van der Waals surface area contributed by atoms with Crippen LogP contribution < -0.4 is 20.7 Å². The van der Waals surface area contributed by atoms with Crippen LogP contribution in [-0.4, -0.2) is 55.3 Å². The number of amides is 3. The van der Waals surface area contributed by atoms with E-state index in [9.17, 15) is 27.6 Å². The van der Waals surface area contributed by atoms with Gasteiger partial charge in [-0.15, -0.1) is 0 Å². The summed E-state index contributed by atoms with van der Waals surface area (Å²) in [6, 6.07) is 12.0. The van der Waals surface area contributed by atoms with Crippen molar-refractivity contribution in [2.45, 2.75) is 32.0 Å². The molecular weight excluding hydrogens is 551 g/mol. The Hall–Kier alpha value is -4.45. The van der Waals surface area contributed by atoms with Gasteiger partial charge in [0.15, 0.2) is 0 Å². The topological polar surface area (TPSA) is 113 Å². The first-order valence-corrected chi connectivity index (χ1v) is 13.3. The highest BCUT2D eigenvalue weighted by molar-refractivity contribution is 5.93. The van der Waals surface area contributed by atoms with Gasteiger partial charge in [0.25, 0.3) is 5.91 Å². The molecule has 9 nitrogen and oxygen atoms in total. The summed E-state index contributed by atoms with van der Waals surface area (Å²) in [6.07, 6.45) is -1.62. The summed E-state index contributed by atoms with van der Waals surface area (Å²) in [4.78, 5) is 42.7. The maximum Gasteiger partial charge on any atom is 0.416 e. The standard InChI is InChI=1S/C30H32F3N5O4/c1-34-29(41)26-15-25(8-9-35-26)42-24-7-6-19-4-5-20(12-21(19)13-24)28(40)37-23-11-18(10-22(14-23)30(31,32)33)16-36-27(39)17-38(2)3/h6-11,13-15,20H,4-5,12,16-17H2,1-3H3,(H,34,41)(H,36,39)(H,37,40). The average Bonchev–Trinajstić information content (AvgIpc) is 2.94. The number of benzene rings is 2. The minimum atomic E-state index is -4.63. The molecule has 42 heavy (non-hydrogen) atoms. The number of ether oxygens (including phenoxy) is 1. The first kappa shape index (κ1) is 30.5. The van der Waals surface area contributed by atoms with Crippen molar-refractivity contribution in [3.05, 3.63) is 82.7 Å². The average molecular weight is 584 g/mol. The Morgan fingerprint density at radius 2 is 1.79 bits per heavy atom. The highest BCUT2D eigenvalue weighted by atomic mass is 19.4. The predicted octanol–water partition coefficient (Wildman–Crippen LogP) is 4.17. The fourth-order valence-corrected chi connectivity index (χ4v) is 4.70. The monoisotopic (exact) mass is 583 g/mol. The lowest BCUT2D eigenvalue weighted by atomic mass is 9.83. The molecule has 0 radical (unpaired) electrons. The van der Waals surface area contributed by atoms with E-state index in [1.54, 1.807) is 31.1 Å². The van der Waals surface area contributed by atoms with E-state index in [0.29, 0.717) is 30.8 Å². The highest BCUT2D eigenvalue weighted by Crippen LogP contribution is 2.34. The Labute approximate surface area is 241 Å². The van der Waals surface area contributed by atoms with Crippen LogP contribution in [0.15, 0.2) is 54.7 Å². The second-order valence-corrected chi connectivity index (χ2v) is 10.3. The summed E-state index contributed by atoms with van der Waals surface area (Å²) in [6.45, 7) is -0.0147. The minimum Gasteiger partial charge on any atom is -0.457 e. The zero-order valence-electron chi connectivity index (χ0n) is 23.5. The molecule has 3 aromatic rings. The third-order valence-electron chi connectivity index (χ3n) is 6.74. The molecular formula is C30H32F3N5O4. The Bertz CT molecular complexity index is 1480. The molecule has 0 saturated heterocycles. The highest BCUT2D eigenvalue weighted by Gasteiger charge is 2.32. The summed E-state index contributed by atoms with van der Waals surface area (Å²) in [5.74, 6) is -0.594. The second-order valence-electron chi connectivity index (χ2n) is 10.3. The molecule has 12 heteroatoms. The molecule has 0 saturated carbocycles. The van der Waals surface area contributed by atoms with Crippen LogP contribution in [0.5, 0.6) is 11.5 Å². The minimum absolute atomic E-state index is 0.0131. The van der Waals surface area contributed by atoms with Crippen LogP contribution in [0.3, 0.4) is 0 Å². The molecule has 4 rings (SSSR count). The maximum atomic E-state index is 13.6. The van der Waals surface area contributed by atoms with Crippen molar-refractivity contribution in [1.82, 2.24) is 20.5 Å². The number of rotatable bonds is 9. The normalized spacial score (nSPS) is 14.6. The second kappa shape index (κ2) is 13.0. The SMILES string of the molecule is CNC(=O)c1cc(Oc2ccc3c(c2)CC(C(=O)Nc2cc(CNC(=O)CN(C)C)cc(C(F)(F)F)c2)CC3)ccn1. The number of hydrogen-bond donors (Lipinski definition) is 3. The van der Waals surface area contributed by atoms with E-state index in [1.165, 1.54) is 25.4 Å². The van der Waals surface area contributed by atoms with Crippen molar-refractivity contribution < 1.29 is 32.3 Å². The molecule has 2 aromatic carbocycles. The zero-order valence-corrected chi connectivity index (χ0v) is 23.5. The van der Waals surface area contributed by atoms with Crippen LogP contribution in [-0.2, 0) is 35.2 Å². The van der Waals surface area contributed by atoms with Crippen LogP contribution >= 0.6 is 0 Å². The lowest BCUT2D eigenvalue weighted by Gasteiger charge is -2.25. The summed E-state index contributed by atoms with van der Waals surface area (Å²) < 4.78 is 46.8. The van der Waals surface area contributed by atoms with E-state index in [4.69, 9.17) is 4.74 Å². The molecule has 1 heterocycles. The van der Waals surface area contributed by atoms with Gasteiger partial charge in [0.1, 0.15) is 17.2 Å². The fraction of sp³-hybridized carbons (Fsp3) is 0.333. The summed E-state index contributed by atoms with van der Waals surface area (Å²) >= 11 is 0. The molecule has 3 N–H and O–H groups in total. The molecule has 222 valence electrons. The number of hydrogen-bond acceptors (Lipinski definition) is 6. The van der Waals surface area contributed by atoms with Gasteiger partial charge in [0.2, 0.25) is 11.8 Å². The number of carbonyl (C=O) groups is 3. The van der Waals surface area contributed by atoms with Crippen molar-refractivity contribution >= 4 is 23.4 Å². The summed E-state index contributed by atoms with van der Waals surface area (Å²) in [5.41, 5.74) is 1.48. The fourth-order valence-electron chi connectivity index (χ4n) is 4.70. The van der Waals surface area contributed by atoms with E-state index in [1.807, 2.05) is 12.1 Å². The number of alkyl halides is 3. The van der Waals surface area contributed by atoms with Crippen molar-refractivity contribution in [1.29, 1.82) is 0 Å². The maximum absolute atomic E-state index is 13.6. The van der Waals surface area contributed by atoms with Gasteiger partial charge in [-0.25, -0.2) is 0 Å². The lowest BCUT2D eigenvalue weighted by molar-refractivity contribution is -0.137. The third kappa shape index (κ3) is 8.06. The number of fused-ring (bicyclic) bond motifs is 1. The van der Waals surface area contributed by atoms with Gasteiger partial charge in [0, 0.05) is 37.5 Å². The van der Waals surface area contributed by atoms with Crippen molar-refractivity contribution in [3.8, 4) is 11.5 Å². The molecule has 1 aliphatic carbocycles. The third-order valence-corrected chi connectivity index (χ3v) is 6.74. The molecule has 1 unspecified atom stereocenters. The van der Waals surface area contributed by atoms with E-state index < -0.39 is 23.6 Å². The number of likely N-dealkylation sites (N-methyl/N-ethyl adjacent to an activating group) is 1. The van der Waals surface area contributed by atoms with Crippen LogP contribution in [0.1, 0.15) is 39.2 Å². The van der Waals surface area contributed by atoms with Crippen molar-refractivity contribution in [2.75, 3.05) is 33.0 Å². The predicted molar refractivity (Wildman–Crippen MR) is 150 cm³/mol. The van der Waals surface area contributed by atoms with Gasteiger partial charge >= 0.3 is 6.18 Å². The van der Waals surface area contributed by atoms with E-state index in [-0.39, 0.29) is 41.8 Å². The molecule has 3 amide bonds. The van der Waals surface area contributed by atoms with Gasteiger partial charge in [0.05, 0.1) is 12.1 Å². The van der Waals surface area contributed by atoms with Gasteiger partial charge < -0.3 is 25.6 Å². The molecule has 0 bridgehead atoms. The van der Waals surface area contributed by atoms with Gasteiger partial charge in [-0.1, -0.05) is 6.07 Å². The Morgan fingerprint density at radius 1 is 1.02 bits per heavy atom. The number of pyridine rings is 1. The zero-order chi connectivity index (χ0) is 30.4. The molecule has 0 fully saturated rings. The van der Waals surface area contributed by atoms with E-state index in [0.717, 1.165) is 23.3 Å². The number of carbonyl (C=O) groups excluding carboxylic acids is 3. The molecule has 1 atom stereocenters. The number of anilines is 1. The van der Waals surface area contributed by atoms with Gasteiger partial charge in [-0.05, 0) is 86.4 Å². The van der Waals surface area contributed by atoms with Gasteiger partial charge in [-0.2, -0.15) is 13.2 Å². The van der Waals surface area contributed by atoms with Crippen LogP contribution in [0, 0.1) is 5.92 Å². The number of aromatic nitrogens is 1. The molecule has 0 spiro atoms. The van der Waals surface area contributed by atoms with Crippen LogP contribution in [0.4, 0.5) is 18.9 Å². The largest absolute Gasteiger partial charge is 0.457 e. The van der Waals surface area contributed by atoms with Crippen molar-refractivity contribution in [3.63, 3.8) is 0 Å². The first-order chi connectivity index (χ1) is 19.9. The smallest absolute Gasteiger partial charge is 0.416 e. The number of halogens is 3. The summed E-state index contributed by atoms with van der Waals surface area (Å²) in [7, 11) is 4.92. The van der Waals surface area contributed by atoms with E-state index in [2.05, 4.69) is 20.9 Å². The lowest BCUT2D eigenvalue weighted by Crippen LogP contribution is -2.33. The van der Waals surface area contributed by atoms with Crippen LogP contribution in [0.25, 0.3) is 0 Å².